The number of hydrogen-bond donors (Lipinski definition) is 0. The van der Waals surface area contributed by atoms with Crippen LogP contribution in [0, 0.1) is 0 Å². The van der Waals surface area contributed by atoms with Gasteiger partial charge in [-0.15, -0.1) is 0 Å². The molecule has 0 fully saturated rings. The zero-order chi connectivity index (χ0) is 33.5. The topological polar surface area (TPSA) is 27.7 Å². The van der Waals surface area contributed by atoms with Gasteiger partial charge < -0.3 is 13.7 Å². The normalized spacial score (nSPS) is 11.9. The van der Waals surface area contributed by atoms with E-state index in [-0.39, 0.29) is 0 Å². The van der Waals surface area contributed by atoms with Gasteiger partial charge in [0.15, 0.2) is 0 Å². The van der Waals surface area contributed by atoms with Crippen molar-refractivity contribution in [1.82, 2.24) is 18.7 Å². The summed E-state index contributed by atoms with van der Waals surface area (Å²) in [6.07, 6.45) is 1.89. The van der Waals surface area contributed by atoms with Crippen LogP contribution in [0.3, 0.4) is 0 Å². The third-order valence-electron chi connectivity index (χ3n) is 10.5. The molecule has 0 aliphatic rings. The van der Waals surface area contributed by atoms with E-state index in [2.05, 4.69) is 184 Å². The Morgan fingerprint density at radius 2 is 0.647 bits per heavy atom. The summed E-state index contributed by atoms with van der Waals surface area (Å²) in [6.45, 7) is 0. The van der Waals surface area contributed by atoms with Crippen molar-refractivity contribution >= 4 is 65.4 Å². The standard InChI is InChI=1S/C47H30N4/c1-7-22-39-31(15-1)32-16-2-8-23-40(32)49(39)45-29-28-37(38-21-13-14-30-48-38)46(50-41-24-9-3-17-33(41)34-18-4-10-25-42(34)50)47(45)51-43-26-11-5-19-35(43)36-20-6-12-27-44(36)51/h1-30H. The lowest BCUT2D eigenvalue weighted by Gasteiger charge is -2.24. The summed E-state index contributed by atoms with van der Waals surface area (Å²) in [5.74, 6) is 0. The summed E-state index contributed by atoms with van der Waals surface area (Å²) in [5.41, 5.74) is 12.2. The Bertz CT molecular complexity index is 2980. The Labute approximate surface area is 293 Å². The van der Waals surface area contributed by atoms with Crippen molar-refractivity contribution in [2.75, 3.05) is 0 Å². The van der Waals surface area contributed by atoms with Gasteiger partial charge in [0.2, 0.25) is 0 Å². The van der Waals surface area contributed by atoms with Gasteiger partial charge in [0, 0.05) is 44.1 Å². The fourth-order valence-electron chi connectivity index (χ4n) is 8.43. The first-order valence-corrected chi connectivity index (χ1v) is 17.4. The summed E-state index contributed by atoms with van der Waals surface area (Å²) in [6, 6.07) is 63.5. The van der Waals surface area contributed by atoms with Gasteiger partial charge in [0.25, 0.3) is 0 Å². The molecule has 0 N–H and O–H groups in total. The van der Waals surface area contributed by atoms with E-state index in [4.69, 9.17) is 4.98 Å². The van der Waals surface area contributed by atoms with Crippen LogP contribution in [0.25, 0.3) is 93.7 Å². The van der Waals surface area contributed by atoms with Gasteiger partial charge in [-0.1, -0.05) is 115 Å². The molecule has 11 aromatic rings. The molecule has 0 spiro atoms. The molecule has 4 aromatic heterocycles. The predicted octanol–water partition coefficient (Wildman–Crippen LogP) is 12.0. The van der Waals surface area contributed by atoms with Gasteiger partial charge in [0.05, 0.1) is 55.9 Å². The van der Waals surface area contributed by atoms with Crippen molar-refractivity contribution in [3.05, 3.63) is 182 Å². The third-order valence-corrected chi connectivity index (χ3v) is 10.5. The van der Waals surface area contributed by atoms with Gasteiger partial charge in [-0.25, -0.2) is 0 Å². The van der Waals surface area contributed by atoms with E-state index in [1.165, 1.54) is 43.4 Å². The lowest BCUT2D eigenvalue weighted by molar-refractivity contribution is 1.05. The van der Waals surface area contributed by atoms with Crippen molar-refractivity contribution in [2.45, 2.75) is 0 Å². The highest BCUT2D eigenvalue weighted by molar-refractivity contribution is 6.14. The minimum absolute atomic E-state index is 0.921. The molecule has 0 aliphatic heterocycles. The van der Waals surface area contributed by atoms with E-state index in [0.29, 0.717) is 0 Å². The quantitative estimate of drug-likeness (QED) is 0.186. The summed E-state index contributed by atoms with van der Waals surface area (Å²) >= 11 is 0. The summed E-state index contributed by atoms with van der Waals surface area (Å²) in [4.78, 5) is 4.99. The van der Waals surface area contributed by atoms with Crippen molar-refractivity contribution in [2.24, 2.45) is 0 Å². The molecule has 0 saturated carbocycles. The number of pyridine rings is 1. The van der Waals surface area contributed by atoms with Crippen LogP contribution in [0.1, 0.15) is 0 Å². The number of fused-ring (bicyclic) bond motifs is 9. The highest BCUT2D eigenvalue weighted by atomic mass is 15.1. The first-order valence-electron chi connectivity index (χ1n) is 17.4. The second-order valence-corrected chi connectivity index (χ2v) is 13.2. The minimum Gasteiger partial charge on any atom is -0.307 e. The van der Waals surface area contributed by atoms with Crippen LogP contribution in [0.4, 0.5) is 0 Å². The van der Waals surface area contributed by atoms with Gasteiger partial charge in [-0.05, 0) is 60.7 Å². The van der Waals surface area contributed by atoms with Crippen LogP contribution in [-0.2, 0) is 0 Å². The number of rotatable bonds is 4. The van der Waals surface area contributed by atoms with Gasteiger partial charge in [0.1, 0.15) is 0 Å². The maximum Gasteiger partial charge on any atom is 0.0953 e. The Balaban J connectivity index is 1.44. The van der Waals surface area contributed by atoms with Crippen molar-refractivity contribution in [3.8, 4) is 28.3 Å². The highest BCUT2D eigenvalue weighted by Crippen LogP contribution is 2.45. The Kier molecular flexibility index (Phi) is 5.92. The maximum atomic E-state index is 4.99. The summed E-state index contributed by atoms with van der Waals surface area (Å²) in [7, 11) is 0. The number of aromatic nitrogens is 4. The predicted molar refractivity (Wildman–Crippen MR) is 213 cm³/mol. The zero-order valence-corrected chi connectivity index (χ0v) is 27.6. The Hall–Kier alpha value is -6.91. The van der Waals surface area contributed by atoms with Crippen LogP contribution in [0.2, 0.25) is 0 Å². The number of para-hydroxylation sites is 6. The fraction of sp³-hybridized carbons (Fsp3) is 0. The van der Waals surface area contributed by atoms with Gasteiger partial charge in [-0.2, -0.15) is 0 Å². The number of benzene rings is 7. The Morgan fingerprint density at radius 3 is 1.04 bits per heavy atom. The number of hydrogen-bond acceptors (Lipinski definition) is 1. The van der Waals surface area contributed by atoms with E-state index in [1.807, 2.05) is 12.3 Å². The van der Waals surface area contributed by atoms with Crippen molar-refractivity contribution < 1.29 is 0 Å². The largest absolute Gasteiger partial charge is 0.307 e. The third kappa shape index (κ3) is 3.93. The molecule has 0 atom stereocenters. The van der Waals surface area contributed by atoms with Crippen LogP contribution < -0.4 is 0 Å². The van der Waals surface area contributed by atoms with Gasteiger partial charge >= 0.3 is 0 Å². The molecule has 0 amide bonds. The smallest absolute Gasteiger partial charge is 0.0953 e. The molecule has 0 aliphatic carbocycles. The zero-order valence-electron chi connectivity index (χ0n) is 27.6. The molecule has 51 heavy (non-hydrogen) atoms. The van der Waals surface area contributed by atoms with E-state index < -0.39 is 0 Å². The van der Waals surface area contributed by atoms with Crippen LogP contribution in [0.15, 0.2) is 182 Å². The molecule has 0 bridgehead atoms. The lowest BCUT2D eigenvalue weighted by atomic mass is 10.0. The molecule has 0 saturated heterocycles. The minimum atomic E-state index is 0.921. The Morgan fingerprint density at radius 1 is 0.294 bits per heavy atom. The lowest BCUT2D eigenvalue weighted by Crippen LogP contribution is -2.11. The molecule has 4 nitrogen and oxygen atoms in total. The molecule has 7 aromatic carbocycles. The van der Waals surface area contributed by atoms with Crippen LogP contribution in [0.5, 0.6) is 0 Å². The molecule has 0 unspecified atom stereocenters. The summed E-state index contributed by atoms with van der Waals surface area (Å²) in [5, 5.41) is 7.34. The van der Waals surface area contributed by atoms with Gasteiger partial charge in [-0.3, -0.25) is 4.98 Å². The average Bonchev–Trinajstić information content (AvgIpc) is 3.84. The molecule has 4 heteroatoms. The molecule has 11 rings (SSSR count). The SMILES string of the molecule is c1ccc(-c2ccc(-n3c4ccccc4c4ccccc43)c(-n3c4ccccc4c4ccccc43)c2-n2c3ccccc3c3ccccc32)nc1. The van der Waals surface area contributed by atoms with E-state index in [0.717, 1.165) is 50.4 Å². The second-order valence-electron chi connectivity index (χ2n) is 13.2. The highest BCUT2D eigenvalue weighted by Gasteiger charge is 2.27. The van der Waals surface area contributed by atoms with Crippen molar-refractivity contribution in [1.29, 1.82) is 0 Å². The molecular formula is C47H30N4. The first kappa shape index (κ1) is 28.0. The number of nitrogens with zero attached hydrogens (tertiary/aromatic N) is 4. The van der Waals surface area contributed by atoms with Crippen molar-refractivity contribution in [3.63, 3.8) is 0 Å². The first-order chi connectivity index (χ1) is 25.4. The van der Waals surface area contributed by atoms with E-state index >= 15 is 0 Å². The summed E-state index contributed by atoms with van der Waals surface area (Å²) < 4.78 is 7.43. The van der Waals surface area contributed by atoms with E-state index in [9.17, 15) is 0 Å². The van der Waals surface area contributed by atoms with E-state index in [1.54, 1.807) is 0 Å². The molecular weight excluding hydrogens is 621 g/mol. The fourth-order valence-corrected chi connectivity index (χ4v) is 8.43. The van der Waals surface area contributed by atoms with Crippen LogP contribution in [-0.4, -0.2) is 18.7 Å². The van der Waals surface area contributed by atoms with Crippen LogP contribution >= 0.6 is 0 Å². The molecule has 4 heterocycles. The average molecular weight is 651 g/mol. The molecule has 0 radical (unpaired) electrons. The second kappa shape index (κ2) is 10.8. The monoisotopic (exact) mass is 650 g/mol. The maximum absolute atomic E-state index is 4.99. The molecule has 238 valence electrons.